The van der Waals surface area contributed by atoms with E-state index in [1.54, 1.807) is 0 Å². The summed E-state index contributed by atoms with van der Waals surface area (Å²) >= 11 is 0. The Balaban J connectivity index is 1.86. The number of ether oxygens (including phenoxy) is 1. The Kier molecular flexibility index (Phi) is 6.27. The van der Waals surface area contributed by atoms with Crippen LogP contribution in [-0.2, 0) is 15.9 Å². The highest BCUT2D eigenvalue weighted by molar-refractivity contribution is 7.56. The smallest absolute Gasteiger partial charge is 0.308 e. The van der Waals surface area contributed by atoms with Gasteiger partial charge in [-0.15, -0.1) is 0 Å². The van der Waals surface area contributed by atoms with Crippen LogP contribution in [0.25, 0.3) is 0 Å². The van der Waals surface area contributed by atoms with E-state index in [1.807, 2.05) is 30.3 Å². The highest BCUT2D eigenvalue weighted by Gasteiger charge is 2.23. The van der Waals surface area contributed by atoms with Crippen molar-refractivity contribution in [2.75, 3.05) is 13.2 Å². The van der Waals surface area contributed by atoms with Gasteiger partial charge in [0.05, 0.1) is 19.8 Å². The quantitative estimate of drug-likeness (QED) is 0.436. The van der Waals surface area contributed by atoms with E-state index in [4.69, 9.17) is 20.6 Å². The van der Waals surface area contributed by atoms with Crippen molar-refractivity contribution in [3.05, 3.63) is 66.0 Å². The first-order valence-electron chi connectivity index (χ1n) is 6.95. The Morgan fingerprint density at radius 2 is 1.70 bits per heavy atom. The Labute approximate surface area is 134 Å². The molecule has 0 amide bonds. The highest BCUT2D eigenvalue weighted by Crippen LogP contribution is 2.32. The lowest BCUT2D eigenvalue weighted by Crippen LogP contribution is -2.34. The van der Waals surface area contributed by atoms with E-state index in [1.165, 1.54) is 24.3 Å². The Morgan fingerprint density at radius 3 is 2.30 bits per heavy atom. The van der Waals surface area contributed by atoms with Crippen LogP contribution in [-0.4, -0.2) is 18.0 Å². The van der Waals surface area contributed by atoms with Crippen molar-refractivity contribution in [3.8, 4) is 5.75 Å². The Hall–Kier alpha value is -1.76. The minimum absolute atomic E-state index is 0.106. The minimum Gasteiger partial charge on any atom is -0.397 e. The molecule has 0 saturated heterocycles. The summed E-state index contributed by atoms with van der Waals surface area (Å²) in [5.41, 5.74) is 11.9. The molecule has 4 N–H and O–H groups in total. The molecule has 2 rings (SSSR count). The summed E-state index contributed by atoms with van der Waals surface area (Å²) in [5.74, 6) is -0.121. The van der Waals surface area contributed by atoms with Crippen molar-refractivity contribution < 1.29 is 18.5 Å². The molecule has 23 heavy (non-hydrogen) atoms. The van der Waals surface area contributed by atoms with Crippen LogP contribution in [0.4, 0.5) is 4.39 Å². The predicted octanol–water partition coefficient (Wildman–Crippen LogP) is 2.66. The van der Waals surface area contributed by atoms with Gasteiger partial charge in [0.2, 0.25) is 0 Å². The van der Waals surface area contributed by atoms with Crippen LogP contribution in [0.3, 0.4) is 0 Å². The third-order valence-corrected chi connectivity index (χ3v) is 3.89. The first-order valence-corrected chi connectivity index (χ1v) is 8.75. The van der Waals surface area contributed by atoms with E-state index < -0.39 is 13.4 Å². The second kappa shape index (κ2) is 8.19. The maximum absolute atomic E-state index is 12.9. The van der Waals surface area contributed by atoms with Gasteiger partial charge in [-0.1, -0.05) is 35.2 Å². The van der Waals surface area contributed by atoms with Crippen molar-refractivity contribution in [2.24, 2.45) is 11.0 Å². The van der Waals surface area contributed by atoms with Crippen molar-refractivity contribution in [2.45, 2.75) is 6.61 Å². The van der Waals surface area contributed by atoms with Crippen molar-refractivity contribution in [1.29, 1.82) is 0 Å². The topological polar surface area (TPSA) is 90.8 Å². The fraction of sp³-hybridized carbons (Fsp3) is 0.200. The lowest BCUT2D eigenvalue weighted by molar-refractivity contribution is -0.000459. The van der Waals surface area contributed by atoms with Gasteiger partial charge in [0, 0.05) is 0 Å². The van der Waals surface area contributed by atoms with Crippen LogP contribution in [0.5, 0.6) is 5.75 Å². The summed E-state index contributed by atoms with van der Waals surface area (Å²) in [5, 5.41) is 0. The van der Waals surface area contributed by atoms with E-state index >= 15 is 0 Å². The van der Waals surface area contributed by atoms with Crippen LogP contribution < -0.4 is 15.8 Å². The van der Waals surface area contributed by atoms with E-state index in [9.17, 15) is 8.96 Å². The summed E-state index contributed by atoms with van der Waals surface area (Å²) < 4.78 is 30.2. The van der Waals surface area contributed by atoms with Gasteiger partial charge in [0.15, 0.2) is 0 Å². The zero-order chi connectivity index (χ0) is 16.7. The summed E-state index contributed by atoms with van der Waals surface area (Å²) in [6.45, 7) is 0.730. The Bertz CT molecular complexity index is 649. The third-order valence-electron chi connectivity index (χ3n) is 2.91. The second-order valence-corrected chi connectivity index (χ2v) is 6.62. The summed E-state index contributed by atoms with van der Waals surface area (Å²) in [6, 6.07) is 14.8. The normalized spacial score (nSPS) is 11.7. The average Bonchev–Trinajstić information content (AvgIpc) is 2.52. The number of halogens is 1. The number of nitrogens with two attached hydrogens (primary N) is 2. The number of nitrogens with zero attached hydrogens (tertiary/aromatic N) is 1. The van der Waals surface area contributed by atoms with Gasteiger partial charge in [0.25, 0.3) is 0 Å². The van der Waals surface area contributed by atoms with Gasteiger partial charge in [-0.05, 0) is 29.8 Å². The third kappa shape index (κ3) is 6.09. The van der Waals surface area contributed by atoms with Gasteiger partial charge in [-0.25, -0.2) is 4.39 Å². The predicted molar refractivity (Wildman–Crippen MR) is 85.8 cm³/mol. The molecule has 6 nitrogen and oxygen atoms in total. The van der Waals surface area contributed by atoms with Crippen molar-refractivity contribution in [1.82, 2.24) is 4.83 Å². The standard InChI is InChI=1S/C15H19FN3O3P/c16-14-6-8-15(9-7-14)22-19(23(17,18)20)10-11-21-12-13-4-2-1-3-5-13/h1-9H,10-12H2,(H4,17,18,20). The first-order chi connectivity index (χ1) is 10.9. The molecule has 0 unspecified atom stereocenters. The minimum atomic E-state index is -3.63. The molecule has 0 bridgehead atoms. The summed E-state index contributed by atoms with van der Waals surface area (Å²) in [4.78, 5) is 6.32. The first kappa shape index (κ1) is 17.6. The van der Waals surface area contributed by atoms with Crippen molar-refractivity contribution in [3.63, 3.8) is 0 Å². The number of rotatable bonds is 8. The van der Waals surface area contributed by atoms with Gasteiger partial charge in [0.1, 0.15) is 11.6 Å². The lowest BCUT2D eigenvalue weighted by Gasteiger charge is -2.24. The molecule has 2 aromatic rings. The zero-order valence-corrected chi connectivity index (χ0v) is 13.4. The molecule has 0 spiro atoms. The Morgan fingerprint density at radius 1 is 1.04 bits per heavy atom. The molecule has 124 valence electrons. The molecule has 2 aromatic carbocycles. The van der Waals surface area contributed by atoms with Crippen LogP contribution in [0.2, 0.25) is 0 Å². The number of hydrogen-bond donors (Lipinski definition) is 2. The molecule has 0 aliphatic carbocycles. The summed E-state index contributed by atoms with van der Waals surface area (Å²) in [6.07, 6.45) is 0. The molecule has 0 saturated carbocycles. The molecule has 0 radical (unpaired) electrons. The molecule has 0 heterocycles. The maximum Gasteiger partial charge on any atom is 0.308 e. The number of hydrogen-bond acceptors (Lipinski definition) is 3. The van der Waals surface area contributed by atoms with Gasteiger partial charge >= 0.3 is 7.59 Å². The maximum atomic E-state index is 12.9. The second-order valence-electron chi connectivity index (χ2n) is 4.83. The largest absolute Gasteiger partial charge is 0.397 e. The molecule has 0 aliphatic rings. The monoisotopic (exact) mass is 339 g/mol. The van der Waals surface area contributed by atoms with Crippen LogP contribution >= 0.6 is 7.59 Å². The van der Waals surface area contributed by atoms with Gasteiger partial charge in [-0.3, -0.25) is 15.6 Å². The van der Waals surface area contributed by atoms with E-state index in [2.05, 4.69) is 0 Å². The molecule has 0 aliphatic heterocycles. The van der Waals surface area contributed by atoms with Crippen LogP contribution in [0.15, 0.2) is 54.6 Å². The molecule has 0 fully saturated rings. The molecule has 0 atom stereocenters. The van der Waals surface area contributed by atoms with Crippen molar-refractivity contribution >= 4 is 7.59 Å². The van der Waals surface area contributed by atoms with E-state index in [0.29, 0.717) is 6.61 Å². The summed E-state index contributed by atoms with van der Waals surface area (Å²) in [7, 11) is -3.63. The number of hydroxylamine groups is 1. The highest BCUT2D eigenvalue weighted by atomic mass is 31.2. The lowest BCUT2D eigenvalue weighted by atomic mass is 10.2. The van der Waals surface area contributed by atoms with E-state index in [0.717, 1.165) is 10.4 Å². The van der Waals surface area contributed by atoms with Gasteiger partial charge in [-0.2, -0.15) is 0 Å². The molecule has 8 heteroatoms. The van der Waals surface area contributed by atoms with Crippen LogP contribution in [0, 0.1) is 5.82 Å². The molecule has 0 aromatic heterocycles. The van der Waals surface area contributed by atoms with Gasteiger partial charge < -0.3 is 9.57 Å². The average molecular weight is 339 g/mol. The van der Waals surface area contributed by atoms with E-state index in [-0.39, 0.29) is 18.9 Å². The fourth-order valence-corrected chi connectivity index (χ4v) is 2.41. The molecular weight excluding hydrogens is 320 g/mol. The SMILES string of the molecule is NP(N)(=O)N(CCOCc1ccccc1)Oc1ccc(F)cc1. The molecular formula is C15H19FN3O3P. The fourth-order valence-electron chi connectivity index (χ4n) is 1.79. The van der Waals surface area contributed by atoms with Crippen LogP contribution in [0.1, 0.15) is 5.56 Å². The number of benzene rings is 2. The zero-order valence-electron chi connectivity index (χ0n) is 12.5.